The monoisotopic (exact) mass is 185 g/mol. The van der Waals surface area contributed by atoms with Crippen molar-refractivity contribution in [1.29, 1.82) is 0 Å². The minimum atomic E-state index is -1.49. The van der Waals surface area contributed by atoms with Gasteiger partial charge in [0.05, 0.1) is 0 Å². The van der Waals surface area contributed by atoms with Gasteiger partial charge in [0.1, 0.15) is 0 Å². The molecule has 1 aliphatic carbocycles. The number of nitrogens with one attached hydrogen (secondary N) is 1. The van der Waals surface area contributed by atoms with Crippen molar-refractivity contribution in [3.63, 3.8) is 0 Å². The highest BCUT2D eigenvalue weighted by molar-refractivity contribution is 6.41. The van der Waals surface area contributed by atoms with Crippen molar-refractivity contribution in [3.8, 4) is 0 Å². The zero-order chi connectivity index (χ0) is 8.97. The molecule has 0 aromatic carbocycles. The van der Waals surface area contributed by atoms with Crippen LogP contribution in [0.5, 0.6) is 0 Å². The molecule has 0 bridgehead atoms. The molecule has 1 rings (SSSR count). The van der Waals surface area contributed by atoms with Gasteiger partial charge in [-0.25, -0.2) is 0 Å². The van der Waals surface area contributed by atoms with Crippen LogP contribution in [0.3, 0.4) is 0 Å². The summed E-state index contributed by atoms with van der Waals surface area (Å²) in [6.45, 7) is 4.12. The molecule has 1 aliphatic rings. The van der Waals surface area contributed by atoms with Gasteiger partial charge < -0.3 is 9.44 Å². The van der Waals surface area contributed by atoms with Crippen LogP contribution in [-0.4, -0.2) is 14.9 Å². The summed E-state index contributed by atoms with van der Waals surface area (Å²) in [5.41, 5.74) is 0.492. The number of hydrogen-bond donors (Lipinski definition) is 1. The Morgan fingerprint density at radius 2 is 1.83 bits per heavy atom. The van der Waals surface area contributed by atoms with Crippen molar-refractivity contribution < 1.29 is 4.46 Å². The SMILES string of the molecule is CC(C)N[Si](=O)C1CCCCC1. The van der Waals surface area contributed by atoms with E-state index in [4.69, 9.17) is 0 Å². The van der Waals surface area contributed by atoms with Crippen LogP contribution in [0.25, 0.3) is 0 Å². The molecule has 0 radical (unpaired) electrons. The van der Waals surface area contributed by atoms with Gasteiger partial charge in [0.25, 0.3) is 0 Å². The fourth-order valence-electron chi connectivity index (χ4n) is 1.77. The molecular formula is C9H19NOSi. The van der Waals surface area contributed by atoms with Gasteiger partial charge in [0.2, 0.25) is 0 Å². The quantitative estimate of drug-likeness (QED) is 0.683. The first-order chi connectivity index (χ1) is 5.70. The Bertz CT molecular complexity index is 153. The van der Waals surface area contributed by atoms with Crippen LogP contribution in [0.15, 0.2) is 0 Å². The summed E-state index contributed by atoms with van der Waals surface area (Å²) in [5.74, 6) is 0. The van der Waals surface area contributed by atoms with Crippen LogP contribution >= 0.6 is 0 Å². The molecule has 12 heavy (non-hydrogen) atoms. The Balaban J connectivity index is 2.30. The van der Waals surface area contributed by atoms with E-state index in [2.05, 4.69) is 18.8 Å². The van der Waals surface area contributed by atoms with Crippen LogP contribution in [0.2, 0.25) is 5.54 Å². The van der Waals surface area contributed by atoms with E-state index in [1.807, 2.05) is 0 Å². The van der Waals surface area contributed by atoms with Crippen molar-refractivity contribution >= 4 is 8.84 Å². The lowest BCUT2D eigenvalue weighted by Crippen LogP contribution is -2.36. The van der Waals surface area contributed by atoms with Crippen molar-refractivity contribution in [2.24, 2.45) is 0 Å². The van der Waals surface area contributed by atoms with Gasteiger partial charge in [-0.1, -0.05) is 19.3 Å². The Labute approximate surface area is 76.5 Å². The molecule has 0 atom stereocenters. The van der Waals surface area contributed by atoms with E-state index >= 15 is 0 Å². The van der Waals surface area contributed by atoms with Crippen molar-refractivity contribution in [1.82, 2.24) is 4.98 Å². The van der Waals surface area contributed by atoms with Crippen molar-refractivity contribution in [3.05, 3.63) is 0 Å². The fraction of sp³-hybridized carbons (Fsp3) is 1.00. The summed E-state index contributed by atoms with van der Waals surface area (Å²) < 4.78 is 11.7. The van der Waals surface area contributed by atoms with Gasteiger partial charge in [0.15, 0.2) is 0 Å². The van der Waals surface area contributed by atoms with Crippen LogP contribution in [0, 0.1) is 0 Å². The molecule has 0 aliphatic heterocycles. The number of hydrogen-bond acceptors (Lipinski definition) is 1. The standard InChI is InChI=1S/C9H19NOSi/c1-8(2)10-12(11)9-6-4-3-5-7-9/h8-10H,3-7H2,1-2H3. The topological polar surface area (TPSA) is 29.1 Å². The average Bonchev–Trinajstić information content (AvgIpc) is 2.05. The Kier molecular flexibility index (Phi) is 3.92. The highest BCUT2D eigenvalue weighted by Crippen LogP contribution is 2.28. The Morgan fingerprint density at radius 3 is 2.33 bits per heavy atom. The molecule has 0 unspecified atom stereocenters. The molecule has 2 nitrogen and oxygen atoms in total. The van der Waals surface area contributed by atoms with E-state index < -0.39 is 8.84 Å². The predicted molar refractivity (Wildman–Crippen MR) is 51.5 cm³/mol. The highest BCUT2D eigenvalue weighted by atomic mass is 28.3. The molecule has 0 aromatic rings. The van der Waals surface area contributed by atoms with E-state index in [0.717, 1.165) is 0 Å². The third-order valence-electron chi connectivity index (χ3n) is 2.41. The van der Waals surface area contributed by atoms with E-state index in [9.17, 15) is 4.46 Å². The lowest BCUT2D eigenvalue weighted by molar-refractivity contribution is 0.451. The maximum atomic E-state index is 11.7. The first-order valence-corrected chi connectivity index (χ1v) is 6.49. The summed E-state index contributed by atoms with van der Waals surface area (Å²) in [6, 6.07) is 0.373. The summed E-state index contributed by atoms with van der Waals surface area (Å²) in [5, 5.41) is 0. The average molecular weight is 185 g/mol. The smallest absolute Gasteiger partial charge is 0.388 e. The second kappa shape index (κ2) is 4.75. The molecule has 1 fully saturated rings. The Hall–Kier alpha value is -0.183. The zero-order valence-electron chi connectivity index (χ0n) is 8.10. The van der Waals surface area contributed by atoms with Crippen LogP contribution in [-0.2, 0) is 4.46 Å². The predicted octanol–water partition coefficient (Wildman–Crippen LogP) is 2.24. The van der Waals surface area contributed by atoms with Gasteiger partial charge in [-0.05, 0) is 26.7 Å². The second-order valence-corrected chi connectivity index (χ2v) is 5.83. The fourth-order valence-corrected chi connectivity index (χ4v) is 3.50. The third kappa shape index (κ3) is 3.05. The lowest BCUT2D eigenvalue weighted by Gasteiger charge is -2.20. The molecule has 0 spiro atoms. The minimum absolute atomic E-state index is 0.373. The Morgan fingerprint density at radius 1 is 1.25 bits per heavy atom. The van der Waals surface area contributed by atoms with Crippen molar-refractivity contribution in [2.75, 3.05) is 0 Å². The highest BCUT2D eigenvalue weighted by Gasteiger charge is 2.23. The van der Waals surface area contributed by atoms with E-state index in [1.54, 1.807) is 0 Å². The van der Waals surface area contributed by atoms with E-state index in [0.29, 0.717) is 11.6 Å². The second-order valence-electron chi connectivity index (χ2n) is 4.00. The van der Waals surface area contributed by atoms with Crippen LogP contribution in [0.1, 0.15) is 46.0 Å². The van der Waals surface area contributed by atoms with Crippen LogP contribution in [0.4, 0.5) is 0 Å². The largest absolute Gasteiger partial charge is 0.395 e. The minimum Gasteiger partial charge on any atom is -0.388 e. The van der Waals surface area contributed by atoms with E-state index in [1.165, 1.54) is 32.1 Å². The molecular weight excluding hydrogens is 166 g/mol. The normalized spacial score (nSPS) is 19.6. The summed E-state index contributed by atoms with van der Waals surface area (Å²) in [7, 11) is -1.49. The number of rotatable bonds is 3. The van der Waals surface area contributed by atoms with Gasteiger partial charge in [-0.3, -0.25) is 0 Å². The van der Waals surface area contributed by atoms with Crippen LogP contribution < -0.4 is 4.98 Å². The van der Waals surface area contributed by atoms with Gasteiger partial charge in [0, 0.05) is 11.6 Å². The third-order valence-corrected chi connectivity index (χ3v) is 4.59. The van der Waals surface area contributed by atoms with Gasteiger partial charge >= 0.3 is 8.84 Å². The molecule has 0 amide bonds. The zero-order valence-corrected chi connectivity index (χ0v) is 9.10. The summed E-state index contributed by atoms with van der Waals surface area (Å²) in [6.07, 6.45) is 6.25. The van der Waals surface area contributed by atoms with E-state index in [-0.39, 0.29) is 0 Å². The first-order valence-electron chi connectivity index (χ1n) is 5.00. The maximum absolute atomic E-state index is 11.7. The molecule has 0 saturated heterocycles. The maximum Gasteiger partial charge on any atom is 0.395 e. The lowest BCUT2D eigenvalue weighted by atomic mass is 10.0. The molecule has 3 heteroatoms. The first kappa shape index (κ1) is 9.90. The van der Waals surface area contributed by atoms with Crippen molar-refractivity contribution in [2.45, 2.75) is 57.5 Å². The van der Waals surface area contributed by atoms with Gasteiger partial charge in [-0.2, -0.15) is 0 Å². The molecule has 1 saturated carbocycles. The summed E-state index contributed by atoms with van der Waals surface area (Å²) >= 11 is 0. The molecule has 0 aromatic heterocycles. The molecule has 70 valence electrons. The molecule has 0 heterocycles. The molecule has 1 N–H and O–H groups in total. The van der Waals surface area contributed by atoms with Gasteiger partial charge in [-0.15, -0.1) is 0 Å². The summed E-state index contributed by atoms with van der Waals surface area (Å²) in [4.78, 5) is 3.16.